The quantitative estimate of drug-likeness (QED) is 0.129. The van der Waals surface area contributed by atoms with Crippen LogP contribution in [0, 0.1) is 0 Å². The Labute approximate surface area is 314 Å². The highest BCUT2D eigenvalue weighted by molar-refractivity contribution is 6.27. The van der Waals surface area contributed by atoms with E-state index >= 15 is 0 Å². The SMILES string of the molecule is c1ccc(-c2ccc(-c3ccccc3)c(-c3cc(-c4c5ccccc5c(-c5ccccc5)c5c4ccc4ccccc45)nc(-c4ccccc4)n3)c2)cc1. The largest absolute Gasteiger partial charge is 0.228 e. The molecular formula is C52H34N2. The van der Waals surface area contributed by atoms with E-state index in [1.54, 1.807) is 0 Å². The monoisotopic (exact) mass is 686 g/mol. The molecule has 10 rings (SSSR count). The third-order valence-corrected chi connectivity index (χ3v) is 10.5. The molecule has 0 aliphatic heterocycles. The fourth-order valence-electron chi connectivity index (χ4n) is 7.99. The average molecular weight is 687 g/mol. The van der Waals surface area contributed by atoms with Gasteiger partial charge >= 0.3 is 0 Å². The van der Waals surface area contributed by atoms with Crippen molar-refractivity contribution in [3.63, 3.8) is 0 Å². The van der Waals surface area contributed by atoms with Crippen LogP contribution < -0.4 is 0 Å². The Morgan fingerprint density at radius 3 is 1.50 bits per heavy atom. The molecule has 0 amide bonds. The van der Waals surface area contributed by atoms with Gasteiger partial charge in [-0.25, -0.2) is 9.97 Å². The number of nitrogens with zero attached hydrogens (tertiary/aromatic N) is 2. The summed E-state index contributed by atoms with van der Waals surface area (Å²) in [7, 11) is 0. The maximum absolute atomic E-state index is 5.45. The first kappa shape index (κ1) is 31.6. The Bertz CT molecular complexity index is 2960. The van der Waals surface area contributed by atoms with Gasteiger partial charge in [0.1, 0.15) is 0 Å². The number of fused-ring (bicyclic) bond motifs is 4. The predicted molar refractivity (Wildman–Crippen MR) is 227 cm³/mol. The molecule has 0 atom stereocenters. The lowest BCUT2D eigenvalue weighted by molar-refractivity contribution is 1.19. The lowest BCUT2D eigenvalue weighted by atomic mass is 9.85. The zero-order valence-electron chi connectivity index (χ0n) is 29.5. The van der Waals surface area contributed by atoms with Crippen molar-refractivity contribution in [2.24, 2.45) is 0 Å². The first-order chi connectivity index (χ1) is 26.8. The zero-order valence-corrected chi connectivity index (χ0v) is 29.5. The van der Waals surface area contributed by atoms with Crippen molar-refractivity contribution in [1.82, 2.24) is 9.97 Å². The van der Waals surface area contributed by atoms with E-state index in [1.807, 2.05) is 6.07 Å². The second-order valence-electron chi connectivity index (χ2n) is 13.7. The van der Waals surface area contributed by atoms with Crippen molar-refractivity contribution in [3.8, 4) is 67.3 Å². The van der Waals surface area contributed by atoms with Crippen molar-refractivity contribution in [2.45, 2.75) is 0 Å². The minimum atomic E-state index is 0.692. The summed E-state index contributed by atoms with van der Waals surface area (Å²) in [6.07, 6.45) is 0. The molecule has 54 heavy (non-hydrogen) atoms. The van der Waals surface area contributed by atoms with Gasteiger partial charge in [0.25, 0.3) is 0 Å². The molecule has 0 aliphatic carbocycles. The van der Waals surface area contributed by atoms with Gasteiger partial charge < -0.3 is 0 Å². The Kier molecular flexibility index (Phi) is 7.85. The van der Waals surface area contributed by atoms with Crippen molar-refractivity contribution in [3.05, 3.63) is 206 Å². The van der Waals surface area contributed by atoms with E-state index < -0.39 is 0 Å². The Hall–Kier alpha value is -7.16. The number of benzene rings is 9. The van der Waals surface area contributed by atoms with Gasteiger partial charge in [0.2, 0.25) is 0 Å². The lowest BCUT2D eigenvalue weighted by Gasteiger charge is -2.20. The fraction of sp³-hybridized carbons (Fsp3) is 0. The smallest absolute Gasteiger partial charge is 0.160 e. The zero-order chi connectivity index (χ0) is 35.8. The van der Waals surface area contributed by atoms with Crippen molar-refractivity contribution < 1.29 is 0 Å². The molecule has 0 saturated carbocycles. The van der Waals surface area contributed by atoms with E-state index in [-0.39, 0.29) is 0 Å². The first-order valence-electron chi connectivity index (χ1n) is 18.4. The Morgan fingerprint density at radius 2 is 0.815 bits per heavy atom. The molecule has 0 spiro atoms. The number of hydrogen-bond acceptors (Lipinski definition) is 2. The minimum Gasteiger partial charge on any atom is -0.228 e. The maximum Gasteiger partial charge on any atom is 0.160 e. The molecule has 9 aromatic carbocycles. The van der Waals surface area contributed by atoms with E-state index in [2.05, 4.69) is 200 Å². The highest BCUT2D eigenvalue weighted by atomic mass is 14.9. The summed E-state index contributed by atoms with van der Waals surface area (Å²) in [5, 5.41) is 7.17. The molecule has 0 saturated heterocycles. The molecule has 0 radical (unpaired) electrons. The maximum atomic E-state index is 5.45. The van der Waals surface area contributed by atoms with Gasteiger partial charge in [0.05, 0.1) is 11.4 Å². The predicted octanol–water partition coefficient (Wildman–Crippen LogP) is 13.9. The number of rotatable bonds is 6. The van der Waals surface area contributed by atoms with E-state index in [9.17, 15) is 0 Å². The molecule has 0 bridgehead atoms. The average Bonchev–Trinajstić information content (AvgIpc) is 3.26. The normalized spacial score (nSPS) is 11.3. The van der Waals surface area contributed by atoms with E-state index in [4.69, 9.17) is 9.97 Å². The molecule has 252 valence electrons. The summed E-state index contributed by atoms with van der Waals surface area (Å²) in [4.78, 5) is 10.8. The van der Waals surface area contributed by atoms with Gasteiger partial charge in [-0.05, 0) is 77.8 Å². The highest BCUT2D eigenvalue weighted by Gasteiger charge is 2.22. The van der Waals surface area contributed by atoms with Crippen molar-refractivity contribution in [1.29, 1.82) is 0 Å². The Balaban J connectivity index is 1.33. The second-order valence-corrected chi connectivity index (χ2v) is 13.7. The molecule has 0 aliphatic rings. The van der Waals surface area contributed by atoms with Gasteiger partial charge in [0, 0.05) is 16.7 Å². The van der Waals surface area contributed by atoms with Crippen LogP contribution in [0.5, 0.6) is 0 Å². The second kappa shape index (κ2) is 13.4. The first-order valence-corrected chi connectivity index (χ1v) is 18.4. The molecule has 2 heteroatoms. The molecule has 2 nitrogen and oxygen atoms in total. The van der Waals surface area contributed by atoms with Gasteiger partial charge in [-0.2, -0.15) is 0 Å². The van der Waals surface area contributed by atoms with Crippen LogP contribution in [0.1, 0.15) is 0 Å². The Morgan fingerprint density at radius 1 is 0.278 bits per heavy atom. The molecule has 0 unspecified atom stereocenters. The molecular weight excluding hydrogens is 653 g/mol. The fourth-order valence-corrected chi connectivity index (χ4v) is 7.99. The van der Waals surface area contributed by atoms with Crippen LogP contribution >= 0.6 is 0 Å². The molecule has 0 N–H and O–H groups in total. The van der Waals surface area contributed by atoms with E-state index in [0.29, 0.717) is 5.82 Å². The topological polar surface area (TPSA) is 25.8 Å². The third-order valence-electron chi connectivity index (χ3n) is 10.5. The minimum absolute atomic E-state index is 0.692. The van der Waals surface area contributed by atoms with Crippen LogP contribution in [0.15, 0.2) is 206 Å². The van der Waals surface area contributed by atoms with E-state index in [1.165, 1.54) is 32.7 Å². The molecule has 1 aromatic heterocycles. The van der Waals surface area contributed by atoms with Gasteiger partial charge in [-0.3, -0.25) is 0 Å². The van der Waals surface area contributed by atoms with Crippen LogP contribution in [0.3, 0.4) is 0 Å². The van der Waals surface area contributed by atoms with Crippen LogP contribution in [-0.2, 0) is 0 Å². The summed E-state index contributed by atoms with van der Waals surface area (Å²) < 4.78 is 0. The van der Waals surface area contributed by atoms with Gasteiger partial charge in [0.15, 0.2) is 5.82 Å². The summed E-state index contributed by atoms with van der Waals surface area (Å²) >= 11 is 0. The standard InChI is InChI=1S/C52H34N2/c1-5-17-35(18-6-1)40-30-31-41(36-19-7-2-8-20-36)46(33-40)47-34-48(54-52(53-47)39-24-11-4-12-25-39)50-44-28-16-15-27-43(44)49(38-22-9-3-10-23-38)51-42-26-14-13-21-37(42)29-32-45(50)51/h1-34H. The summed E-state index contributed by atoms with van der Waals surface area (Å²) in [6, 6.07) is 73.4. The van der Waals surface area contributed by atoms with Crippen LogP contribution in [0.4, 0.5) is 0 Å². The lowest BCUT2D eigenvalue weighted by Crippen LogP contribution is -1.99. The molecule has 10 aromatic rings. The molecule has 1 heterocycles. The van der Waals surface area contributed by atoms with Gasteiger partial charge in [-0.1, -0.05) is 194 Å². The summed E-state index contributed by atoms with van der Waals surface area (Å²) in [5.74, 6) is 0.692. The van der Waals surface area contributed by atoms with Crippen LogP contribution in [-0.4, -0.2) is 9.97 Å². The summed E-state index contributed by atoms with van der Waals surface area (Å²) in [5.41, 5.74) is 11.9. The summed E-state index contributed by atoms with van der Waals surface area (Å²) in [6.45, 7) is 0. The molecule has 0 fully saturated rings. The number of hydrogen-bond donors (Lipinski definition) is 0. The van der Waals surface area contributed by atoms with Crippen molar-refractivity contribution >= 4 is 32.3 Å². The van der Waals surface area contributed by atoms with E-state index in [0.717, 1.165) is 61.1 Å². The number of aromatic nitrogens is 2. The van der Waals surface area contributed by atoms with Gasteiger partial charge in [-0.15, -0.1) is 0 Å². The van der Waals surface area contributed by atoms with Crippen LogP contribution in [0.2, 0.25) is 0 Å². The third kappa shape index (κ3) is 5.53. The van der Waals surface area contributed by atoms with Crippen molar-refractivity contribution in [2.75, 3.05) is 0 Å². The highest BCUT2D eigenvalue weighted by Crippen LogP contribution is 2.47. The van der Waals surface area contributed by atoms with Crippen LogP contribution in [0.25, 0.3) is 99.6 Å².